The lowest BCUT2D eigenvalue weighted by Gasteiger charge is -2.23. The van der Waals surface area contributed by atoms with Crippen molar-refractivity contribution in [3.05, 3.63) is 0 Å². The summed E-state index contributed by atoms with van der Waals surface area (Å²) in [5.41, 5.74) is -0.361. The minimum absolute atomic E-state index is 0.167. The first-order chi connectivity index (χ1) is 8.05. The number of halogens is 3. The first-order valence-electron chi connectivity index (χ1n) is 5.71. The lowest BCUT2D eigenvalue weighted by molar-refractivity contribution is -0.159. The van der Waals surface area contributed by atoms with E-state index in [0.717, 1.165) is 25.9 Å². The Morgan fingerprint density at radius 1 is 1.22 bits per heavy atom. The molecule has 0 saturated carbocycles. The number of hydrogen-bond acceptors (Lipinski definition) is 3. The van der Waals surface area contributed by atoms with Gasteiger partial charge >= 0.3 is 12.3 Å². The van der Waals surface area contributed by atoms with Gasteiger partial charge in [0.25, 0.3) is 0 Å². The quantitative estimate of drug-likeness (QED) is 0.736. The number of carbonyl (C=O) groups excluding carboxylic acids is 1. The summed E-state index contributed by atoms with van der Waals surface area (Å²) in [5.74, 6) is 0. The predicted molar refractivity (Wildman–Crippen MR) is 60.2 cm³/mol. The van der Waals surface area contributed by atoms with E-state index in [1.165, 1.54) is 0 Å². The number of carbonyl (C=O) groups is 1. The maximum absolute atomic E-state index is 11.4. The van der Waals surface area contributed by atoms with Crippen LogP contribution < -0.4 is 0 Å². The van der Waals surface area contributed by atoms with Crippen LogP contribution in [0.3, 0.4) is 0 Å². The first-order valence-corrected chi connectivity index (χ1v) is 5.71. The molecular weight excluding hydrogens is 251 g/mol. The number of nitrogens with zero attached hydrogens (tertiary/aromatic N) is 1. The molecule has 0 radical (unpaired) electrons. The molecule has 0 aromatic heterocycles. The Balaban J connectivity index is 0.000000411. The Bertz CT molecular complexity index is 255. The molecule has 1 aliphatic heterocycles. The third-order valence-electron chi connectivity index (χ3n) is 1.94. The predicted octanol–water partition coefficient (Wildman–Crippen LogP) is 2.56. The Morgan fingerprint density at radius 2 is 1.61 bits per heavy atom. The minimum atomic E-state index is -4.40. The van der Waals surface area contributed by atoms with Crippen LogP contribution in [0.2, 0.25) is 0 Å². The lowest BCUT2D eigenvalue weighted by atomic mass is 10.2. The molecule has 1 N–H and O–H groups in total. The van der Waals surface area contributed by atoms with Gasteiger partial charge in [0.1, 0.15) is 12.2 Å². The normalized spacial score (nSPS) is 16.1. The highest BCUT2D eigenvalue weighted by molar-refractivity contribution is 5.68. The average Bonchev–Trinajstić information content (AvgIpc) is 2.67. The number of amides is 1. The zero-order chi connectivity index (χ0) is 14.4. The summed E-state index contributed by atoms with van der Waals surface area (Å²) in [6.45, 7) is 5.65. The molecule has 0 bridgehead atoms. The molecule has 1 saturated heterocycles. The van der Waals surface area contributed by atoms with Crippen molar-refractivity contribution >= 4 is 6.09 Å². The van der Waals surface area contributed by atoms with Gasteiger partial charge < -0.3 is 14.7 Å². The fourth-order valence-corrected chi connectivity index (χ4v) is 1.23. The number of alkyl halides is 3. The van der Waals surface area contributed by atoms with Gasteiger partial charge in [0.05, 0.1) is 0 Å². The maximum atomic E-state index is 11.4. The molecule has 0 aromatic carbocycles. The van der Waals surface area contributed by atoms with E-state index in [4.69, 9.17) is 9.84 Å². The summed E-state index contributed by atoms with van der Waals surface area (Å²) in [4.78, 5) is 13.1. The lowest BCUT2D eigenvalue weighted by Crippen LogP contribution is -2.34. The van der Waals surface area contributed by atoms with E-state index in [-0.39, 0.29) is 11.7 Å². The highest BCUT2D eigenvalue weighted by Gasteiger charge is 2.25. The van der Waals surface area contributed by atoms with Crippen LogP contribution in [0.25, 0.3) is 0 Å². The van der Waals surface area contributed by atoms with Gasteiger partial charge in [-0.25, -0.2) is 4.79 Å². The van der Waals surface area contributed by atoms with Gasteiger partial charge in [-0.1, -0.05) is 0 Å². The Kier molecular flexibility index (Phi) is 6.45. The minimum Gasteiger partial charge on any atom is -0.444 e. The third-order valence-corrected chi connectivity index (χ3v) is 1.94. The van der Waals surface area contributed by atoms with Gasteiger partial charge in [0.2, 0.25) is 0 Å². The van der Waals surface area contributed by atoms with Crippen molar-refractivity contribution in [2.24, 2.45) is 0 Å². The van der Waals surface area contributed by atoms with Crippen LogP contribution in [0.1, 0.15) is 33.6 Å². The van der Waals surface area contributed by atoms with E-state index in [2.05, 4.69) is 0 Å². The number of rotatable bonds is 0. The summed E-state index contributed by atoms with van der Waals surface area (Å²) in [5, 5.41) is 7.28. The van der Waals surface area contributed by atoms with Gasteiger partial charge in [-0.3, -0.25) is 0 Å². The highest BCUT2D eigenvalue weighted by Crippen LogP contribution is 2.14. The highest BCUT2D eigenvalue weighted by atomic mass is 19.4. The van der Waals surface area contributed by atoms with E-state index >= 15 is 0 Å². The second-order valence-corrected chi connectivity index (χ2v) is 4.95. The standard InChI is InChI=1S/C9H17NO2.C2H3F3O/c1-9(2,3)12-8(11)10-6-4-5-7-10;3-2(4,5)1-6/h4-7H2,1-3H3;6H,1H2. The van der Waals surface area contributed by atoms with Crippen molar-refractivity contribution in [1.82, 2.24) is 4.90 Å². The van der Waals surface area contributed by atoms with Crippen molar-refractivity contribution in [3.63, 3.8) is 0 Å². The molecule has 1 rings (SSSR count). The van der Waals surface area contributed by atoms with Gasteiger partial charge in [-0.05, 0) is 33.6 Å². The maximum Gasteiger partial charge on any atom is 0.411 e. The summed E-state index contributed by atoms with van der Waals surface area (Å²) in [6, 6.07) is 0. The van der Waals surface area contributed by atoms with Crippen molar-refractivity contribution < 1.29 is 27.8 Å². The number of aliphatic hydroxyl groups is 1. The topological polar surface area (TPSA) is 49.8 Å². The number of aliphatic hydroxyl groups excluding tert-OH is 1. The van der Waals surface area contributed by atoms with Gasteiger partial charge in [-0.15, -0.1) is 0 Å². The van der Waals surface area contributed by atoms with Crippen LogP contribution in [-0.4, -0.2) is 47.6 Å². The summed E-state index contributed by atoms with van der Waals surface area (Å²) in [7, 11) is 0. The van der Waals surface area contributed by atoms with E-state index in [1.54, 1.807) is 4.90 Å². The molecule has 7 heteroatoms. The van der Waals surface area contributed by atoms with Crippen LogP contribution in [0.15, 0.2) is 0 Å². The van der Waals surface area contributed by atoms with Crippen molar-refractivity contribution in [1.29, 1.82) is 0 Å². The Labute approximate surface area is 105 Å². The molecule has 108 valence electrons. The van der Waals surface area contributed by atoms with Crippen LogP contribution in [-0.2, 0) is 4.74 Å². The number of ether oxygens (including phenoxy) is 1. The molecule has 18 heavy (non-hydrogen) atoms. The fourth-order valence-electron chi connectivity index (χ4n) is 1.23. The number of hydrogen-bond donors (Lipinski definition) is 1. The van der Waals surface area contributed by atoms with E-state index < -0.39 is 12.8 Å². The van der Waals surface area contributed by atoms with Crippen molar-refractivity contribution in [3.8, 4) is 0 Å². The van der Waals surface area contributed by atoms with Gasteiger partial charge in [0.15, 0.2) is 0 Å². The largest absolute Gasteiger partial charge is 0.444 e. The molecule has 1 heterocycles. The fraction of sp³-hybridized carbons (Fsp3) is 0.909. The monoisotopic (exact) mass is 271 g/mol. The molecule has 1 fully saturated rings. The summed E-state index contributed by atoms with van der Waals surface area (Å²) >= 11 is 0. The molecule has 4 nitrogen and oxygen atoms in total. The Hall–Kier alpha value is -0.980. The Morgan fingerprint density at radius 3 is 1.89 bits per heavy atom. The van der Waals surface area contributed by atoms with Crippen molar-refractivity contribution in [2.75, 3.05) is 19.7 Å². The van der Waals surface area contributed by atoms with Crippen LogP contribution in [0.5, 0.6) is 0 Å². The second-order valence-electron chi connectivity index (χ2n) is 4.95. The molecule has 1 aliphatic rings. The average molecular weight is 271 g/mol. The van der Waals surface area contributed by atoms with Gasteiger partial charge in [0, 0.05) is 13.1 Å². The van der Waals surface area contributed by atoms with Crippen LogP contribution >= 0.6 is 0 Å². The first kappa shape index (κ1) is 17.0. The summed E-state index contributed by atoms with van der Waals surface area (Å²) < 4.78 is 36.8. The van der Waals surface area contributed by atoms with Crippen molar-refractivity contribution in [2.45, 2.75) is 45.4 Å². The molecular formula is C11H20F3NO3. The molecule has 0 aliphatic carbocycles. The number of likely N-dealkylation sites (tertiary alicyclic amines) is 1. The zero-order valence-corrected chi connectivity index (χ0v) is 10.9. The second kappa shape index (κ2) is 6.82. The third kappa shape index (κ3) is 9.09. The molecule has 0 atom stereocenters. The zero-order valence-electron chi connectivity index (χ0n) is 10.9. The summed E-state index contributed by atoms with van der Waals surface area (Å²) in [6.07, 6.45) is -2.35. The van der Waals surface area contributed by atoms with Crippen LogP contribution in [0.4, 0.5) is 18.0 Å². The smallest absolute Gasteiger partial charge is 0.411 e. The molecule has 0 spiro atoms. The van der Waals surface area contributed by atoms with Gasteiger partial charge in [-0.2, -0.15) is 13.2 Å². The molecule has 1 amide bonds. The van der Waals surface area contributed by atoms with E-state index in [9.17, 15) is 18.0 Å². The van der Waals surface area contributed by atoms with E-state index in [1.807, 2.05) is 20.8 Å². The van der Waals surface area contributed by atoms with Crippen LogP contribution in [0, 0.1) is 0 Å². The molecule has 0 unspecified atom stereocenters. The SMILES string of the molecule is CC(C)(C)OC(=O)N1CCCC1.OCC(F)(F)F. The molecule has 0 aromatic rings. The van der Waals surface area contributed by atoms with E-state index in [0.29, 0.717) is 0 Å².